The summed E-state index contributed by atoms with van der Waals surface area (Å²) in [4.78, 5) is 0. The van der Waals surface area contributed by atoms with Gasteiger partial charge in [-0.3, -0.25) is 4.72 Å². The zero-order valence-corrected chi connectivity index (χ0v) is 12.4. The SMILES string of the molecule is CNCCCCS(=O)(=O)Nc1cc(Cl)cc(Cl)c1. The highest BCUT2D eigenvalue weighted by atomic mass is 35.5. The largest absolute Gasteiger partial charge is 0.320 e. The minimum absolute atomic E-state index is 0.0822. The van der Waals surface area contributed by atoms with Crippen molar-refractivity contribution in [3.8, 4) is 0 Å². The third kappa shape index (κ3) is 5.91. The second-order valence-electron chi connectivity index (χ2n) is 3.89. The lowest BCUT2D eigenvalue weighted by Gasteiger charge is -2.08. The molecule has 18 heavy (non-hydrogen) atoms. The van der Waals surface area contributed by atoms with E-state index in [4.69, 9.17) is 23.2 Å². The molecule has 1 aromatic carbocycles. The molecule has 102 valence electrons. The van der Waals surface area contributed by atoms with Gasteiger partial charge in [0.05, 0.1) is 11.4 Å². The molecule has 0 unspecified atom stereocenters. The molecule has 0 saturated heterocycles. The van der Waals surface area contributed by atoms with Gasteiger partial charge in [0.15, 0.2) is 0 Å². The highest BCUT2D eigenvalue weighted by Crippen LogP contribution is 2.23. The Labute approximate surface area is 118 Å². The number of benzene rings is 1. The number of anilines is 1. The first-order valence-corrected chi connectivity index (χ1v) is 7.95. The van der Waals surface area contributed by atoms with Crippen LogP contribution in [0.3, 0.4) is 0 Å². The standard InChI is InChI=1S/C11H16Cl2N2O2S/c1-14-4-2-3-5-18(16,17)15-11-7-9(12)6-10(13)8-11/h6-8,14-15H,2-5H2,1H3. The van der Waals surface area contributed by atoms with Gasteiger partial charge in [-0.05, 0) is 44.6 Å². The van der Waals surface area contributed by atoms with Crippen LogP contribution in [-0.2, 0) is 10.0 Å². The van der Waals surface area contributed by atoms with Crippen molar-refractivity contribution < 1.29 is 8.42 Å². The fraction of sp³-hybridized carbons (Fsp3) is 0.455. The first-order valence-electron chi connectivity index (χ1n) is 5.54. The molecule has 0 aliphatic heterocycles. The Hall–Kier alpha value is -0.490. The van der Waals surface area contributed by atoms with Crippen molar-refractivity contribution in [3.63, 3.8) is 0 Å². The topological polar surface area (TPSA) is 58.2 Å². The average Bonchev–Trinajstić information content (AvgIpc) is 2.22. The number of unbranched alkanes of at least 4 members (excludes halogenated alkanes) is 1. The Bertz CT molecular complexity index is 472. The van der Waals surface area contributed by atoms with Gasteiger partial charge in [-0.2, -0.15) is 0 Å². The van der Waals surface area contributed by atoms with E-state index in [1.54, 1.807) is 6.07 Å². The molecule has 0 bridgehead atoms. The second kappa shape index (κ2) is 7.19. The molecule has 0 spiro atoms. The average molecular weight is 311 g/mol. The Morgan fingerprint density at radius 1 is 1.11 bits per heavy atom. The molecular weight excluding hydrogens is 295 g/mol. The van der Waals surface area contributed by atoms with Crippen molar-refractivity contribution in [1.82, 2.24) is 5.32 Å². The van der Waals surface area contributed by atoms with E-state index in [9.17, 15) is 8.42 Å². The molecule has 0 aliphatic carbocycles. The Morgan fingerprint density at radius 2 is 1.72 bits per heavy atom. The summed E-state index contributed by atoms with van der Waals surface area (Å²) in [6.07, 6.45) is 1.41. The van der Waals surface area contributed by atoms with E-state index in [2.05, 4.69) is 10.0 Å². The fourth-order valence-electron chi connectivity index (χ4n) is 1.44. The maximum absolute atomic E-state index is 11.8. The first kappa shape index (κ1) is 15.6. The maximum atomic E-state index is 11.8. The smallest absolute Gasteiger partial charge is 0.232 e. The lowest BCUT2D eigenvalue weighted by molar-refractivity contribution is 0.595. The van der Waals surface area contributed by atoms with Gasteiger partial charge in [-0.1, -0.05) is 23.2 Å². The summed E-state index contributed by atoms with van der Waals surface area (Å²) >= 11 is 11.6. The van der Waals surface area contributed by atoms with E-state index in [0.29, 0.717) is 22.2 Å². The van der Waals surface area contributed by atoms with E-state index in [1.165, 1.54) is 12.1 Å². The minimum atomic E-state index is -3.34. The van der Waals surface area contributed by atoms with Crippen LogP contribution >= 0.6 is 23.2 Å². The zero-order chi connectivity index (χ0) is 13.6. The normalized spacial score (nSPS) is 11.5. The summed E-state index contributed by atoms with van der Waals surface area (Å²) in [5.41, 5.74) is 0.390. The van der Waals surface area contributed by atoms with E-state index in [-0.39, 0.29) is 5.75 Å². The van der Waals surface area contributed by atoms with Gasteiger partial charge >= 0.3 is 0 Å². The molecule has 4 nitrogen and oxygen atoms in total. The van der Waals surface area contributed by atoms with Crippen LogP contribution in [0.4, 0.5) is 5.69 Å². The molecule has 0 amide bonds. The summed E-state index contributed by atoms with van der Waals surface area (Å²) in [6.45, 7) is 0.804. The van der Waals surface area contributed by atoms with Crippen LogP contribution in [0.5, 0.6) is 0 Å². The van der Waals surface area contributed by atoms with Crippen LogP contribution in [0, 0.1) is 0 Å². The van der Waals surface area contributed by atoms with Crippen LogP contribution in [0.15, 0.2) is 18.2 Å². The summed E-state index contributed by atoms with van der Waals surface area (Å²) in [6, 6.07) is 4.60. The number of hydrogen-bond donors (Lipinski definition) is 2. The van der Waals surface area contributed by atoms with E-state index in [0.717, 1.165) is 13.0 Å². The monoisotopic (exact) mass is 310 g/mol. The number of sulfonamides is 1. The summed E-state index contributed by atoms with van der Waals surface area (Å²) in [5, 5.41) is 3.77. The lowest BCUT2D eigenvalue weighted by atomic mass is 10.3. The predicted octanol–water partition coefficient (Wildman–Crippen LogP) is 2.73. The van der Waals surface area contributed by atoms with Crippen molar-refractivity contribution in [2.75, 3.05) is 24.1 Å². The quantitative estimate of drug-likeness (QED) is 0.761. The van der Waals surface area contributed by atoms with Gasteiger partial charge in [0.25, 0.3) is 0 Å². The molecule has 0 fully saturated rings. The Kier molecular flexibility index (Phi) is 6.21. The van der Waals surface area contributed by atoms with Crippen LogP contribution in [0.1, 0.15) is 12.8 Å². The molecule has 0 atom stereocenters. The van der Waals surface area contributed by atoms with E-state index < -0.39 is 10.0 Å². The molecule has 0 aromatic heterocycles. The van der Waals surface area contributed by atoms with Gasteiger partial charge in [0, 0.05) is 10.0 Å². The van der Waals surface area contributed by atoms with Crippen LogP contribution < -0.4 is 10.0 Å². The fourth-order valence-corrected chi connectivity index (χ4v) is 3.13. The van der Waals surface area contributed by atoms with Crippen molar-refractivity contribution in [2.24, 2.45) is 0 Å². The predicted molar refractivity (Wildman–Crippen MR) is 77.0 cm³/mol. The maximum Gasteiger partial charge on any atom is 0.232 e. The molecule has 2 N–H and O–H groups in total. The minimum Gasteiger partial charge on any atom is -0.320 e. The zero-order valence-electron chi connectivity index (χ0n) is 10.0. The van der Waals surface area contributed by atoms with Gasteiger partial charge < -0.3 is 5.32 Å². The number of halogens is 2. The second-order valence-corrected chi connectivity index (χ2v) is 6.60. The molecule has 7 heteroatoms. The number of rotatable bonds is 7. The van der Waals surface area contributed by atoms with E-state index >= 15 is 0 Å². The van der Waals surface area contributed by atoms with E-state index in [1.807, 2.05) is 7.05 Å². The number of nitrogens with one attached hydrogen (secondary N) is 2. The molecular formula is C11H16Cl2N2O2S. The Balaban J connectivity index is 2.59. The molecule has 1 rings (SSSR count). The van der Waals surface area contributed by atoms with Gasteiger partial charge in [0.1, 0.15) is 0 Å². The van der Waals surface area contributed by atoms with Crippen molar-refractivity contribution in [2.45, 2.75) is 12.8 Å². The van der Waals surface area contributed by atoms with Crippen LogP contribution in [0.25, 0.3) is 0 Å². The van der Waals surface area contributed by atoms with Crippen molar-refractivity contribution in [1.29, 1.82) is 0 Å². The molecule has 0 radical (unpaired) electrons. The molecule has 0 aliphatic rings. The Morgan fingerprint density at radius 3 is 2.28 bits per heavy atom. The highest BCUT2D eigenvalue weighted by molar-refractivity contribution is 7.92. The van der Waals surface area contributed by atoms with Crippen molar-refractivity contribution >= 4 is 38.9 Å². The highest BCUT2D eigenvalue weighted by Gasteiger charge is 2.10. The molecule has 0 heterocycles. The molecule has 1 aromatic rings. The van der Waals surface area contributed by atoms with Gasteiger partial charge in [0.2, 0.25) is 10.0 Å². The van der Waals surface area contributed by atoms with Gasteiger partial charge in [-0.25, -0.2) is 8.42 Å². The van der Waals surface area contributed by atoms with Crippen molar-refractivity contribution in [3.05, 3.63) is 28.2 Å². The lowest BCUT2D eigenvalue weighted by Crippen LogP contribution is -2.18. The van der Waals surface area contributed by atoms with Crippen LogP contribution in [0.2, 0.25) is 10.0 Å². The van der Waals surface area contributed by atoms with Gasteiger partial charge in [-0.15, -0.1) is 0 Å². The van der Waals surface area contributed by atoms with Crippen LogP contribution in [-0.4, -0.2) is 27.8 Å². The number of hydrogen-bond acceptors (Lipinski definition) is 3. The third-order valence-electron chi connectivity index (χ3n) is 2.23. The summed E-state index contributed by atoms with van der Waals surface area (Å²) in [7, 11) is -1.51. The first-order chi connectivity index (χ1) is 8.43. The summed E-state index contributed by atoms with van der Waals surface area (Å²) < 4.78 is 26.0. The summed E-state index contributed by atoms with van der Waals surface area (Å²) in [5.74, 6) is 0.0822. The third-order valence-corrected chi connectivity index (χ3v) is 4.04. The molecule has 0 saturated carbocycles.